The summed E-state index contributed by atoms with van der Waals surface area (Å²) in [6.45, 7) is 5.30. The molecule has 1 amide bonds. The van der Waals surface area contributed by atoms with Crippen molar-refractivity contribution in [2.75, 3.05) is 13.1 Å². The van der Waals surface area contributed by atoms with Gasteiger partial charge < -0.3 is 20.8 Å². The molecule has 110 valence electrons. The zero-order valence-corrected chi connectivity index (χ0v) is 11.6. The van der Waals surface area contributed by atoms with Crippen LogP contribution in [0, 0.1) is 11.8 Å². The monoisotopic (exact) mass is 272 g/mol. The molecule has 0 aromatic rings. The van der Waals surface area contributed by atoms with Crippen LogP contribution in [0.15, 0.2) is 0 Å². The summed E-state index contributed by atoms with van der Waals surface area (Å²) >= 11 is 0. The van der Waals surface area contributed by atoms with Gasteiger partial charge in [0.05, 0.1) is 6.10 Å². The zero-order valence-electron chi connectivity index (χ0n) is 11.6. The fourth-order valence-corrected chi connectivity index (χ4v) is 2.44. The summed E-state index contributed by atoms with van der Waals surface area (Å²) in [7, 11) is 0. The molecule has 0 aromatic carbocycles. The zero-order chi connectivity index (χ0) is 14.4. The lowest BCUT2D eigenvalue weighted by Gasteiger charge is -2.28. The molecule has 1 rings (SSSR count). The predicted molar refractivity (Wildman–Crippen MR) is 70.6 cm³/mol. The molecule has 19 heavy (non-hydrogen) atoms. The van der Waals surface area contributed by atoms with Crippen LogP contribution >= 0.6 is 0 Å². The van der Waals surface area contributed by atoms with Crippen molar-refractivity contribution in [2.45, 2.75) is 45.3 Å². The molecule has 1 saturated heterocycles. The molecule has 0 spiro atoms. The number of hydrogen-bond donors (Lipinski definition) is 4. The first kappa shape index (κ1) is 15.9. The number of piperidine rings is 1. The molecule has 4 atom stereocenters. The Balaban J connectivity index is 2.42. The third-order valence-corrected chi connectivity index (χ3v) is 3.71. The molecular weight excluding hydrogens is 248 g/mol. The summed E-state index contributed by atoms with van der Waals surface area (Å²) in [5.74, 6) is -0.868. The van der Waals surface area contributed by atoms with Crippen LogP contribution < -0.4 is 10.6 Å². The molecule has 0 aliphatic carbocycles. The van der Waals surface area contributed by atoms with E-state index >= 15 is 0 Å². The van der Waals surface area contributed by atoms with Gasteiger partial charge in [-0.25, -0.2) is 4.79 Å². The Morgan fingerprint density at radius 3 is 2.58 bits per heavy atom. The molecule has 1 fully saturated rings. The van der Waals surface area contributed by atoms with Crippen molar-refractivity contribution in [1.82, 2.24) is 10.6 Å². The first-order valence-electron chi connectivity index (χ1n) is 6.82. The predicted octanol–water partition coefficient (Wildman–Crippen LogP) is -0.0376. The van der Waals surface area contributed by atoms with Gasteiger partial charge >= 0.3 is 5.97 Å². The minimum Gasteiger partial charge on any atom is -0.480 e. The minimum atomic E-state index is -1.23. The molecule has 0 aromatic heterocycles. The molecule has 0 radical (unpaired) electrons. The summed E-state index contributed by atoms with van der Waals surface area (Å²) in [5.41, 5.74) is 0. The van der Waals surface area contributed by atoms with Gasteiger partial charge in [0.15, 0.2) is 6.04 Å². The molecule has 4 N–H and O–H groups in total. The van der Waals surface area contributed by atoms with Gasteiger partial charge in [-0.2, -0.15) is 0 Å². The lowest BCUT2D eigenvalue weighted by atomic mass is 9.85. The highest BCUT2D eigenvalue weighted by molar-refractivity contribution is 5.84. The minimum absolute atomic E-state index is 0.205. The largest absolute Gasteiger partial charge is 0.480 e. The smallest absolute Gasteiger partial charge is 0.328 e. The quantitative estimate of drug-likeness (QED) is 0.544. The molecule has 6 heteroatoms. The van der Waals surface area contributed by atoms with Crippen LogP contribution in [-0.4, -0.2) is 47.3 Å². The van der Waals surface area contributed by atoms with Crippen LogP contribution in [0.5, 0.6) is 0 Å². The van der Waals surface area contributed by atoms with Gasteiger partial charge in [-0.15, -0.1) is 0 Å². The second-order valence-corrected chi connectivity index (χ2v) is 5.41. The third-order valence-electron chi connectivity index (χ3n) is 3.71. The number of amides is 1. The molecule has 0 saturated carbocycles. The van der Waals surface area contributed by atoms with Crippen LogP contribution in [0.3, 0.4) is 0 Å². The van der Waals surface area contributed by atoms with Crippen molar-refractivity contribution in [1.29, 1.82) is 0 Å². The van der Waals surface area contributed by atoms with Crippen molar-refractivity contribution in [3.63, 3.8) is 0 Å². The van der Waals surface area contributed by atoms with Gasteiger partial charge in [0.25, 0.3) is 0 Å². The van der Waals surface area contributed by atoms with Gasteiger partial charge in [-0.05, 0) is 44.7 Å². The normalized spacial score (nSPS) is 24.3. The second kappa shape index (κ2) is 7.45. The number of carboxylic acid groups (broad SMARTS) is 1. The van der Waals surface area contributed by atoms with E-state index in [2.05, 4.69) is 10.6 Å². The van der Waals surface area contributed by atoms with Crippen LogP contribution in [0.1, 0.15) is 33.1 Å². The number of aliphatic hydroxyl groups excluding tert-OH is 1. The number of rotatable bonds is 6. The maximum absolute atomic E-state index is 11.8. The third kappa shape index (κ3) is 5.16. The van der Waals surface area contributed by atoms with E-state index in [1.54, 1.807) is 0 Å². The van der Waals surface area contributed by atoms with Crippen molar-refractivity contribution in [3.8, 4) is 0 Å². The maximum atomic E-state index is 11.8. The Bertz CT molecular complexity index is 314. The Kier molecular flexibility index (Phi) is 6.24. The van der Waals surface area contributed by atoms with Crippen LogP contribution in [0.4, 0.5) is 0 Å². The number of aliphatic hydroxyl groups is 1. The Morgan fingerprint density at radius 1 is 1.42 bits per heavy atom. The van der Waals surface area contributed by atoms with Gasteiger partial charge in [0, 0.05) is 6.42 Å². The second-order valence-electron chi connectivity index (χ2n) is 5.41. The molecule has 0 bridgehead atoms. The summed E-state index contributed by atoms with van der Waals surface area (Å²) in [4.78, 5) is 22.7. The first-order chi connectivity index (χ1) is 8.91. The van der Waals surface area contributed by atoms with Crippen molar-refractivity contribution < 1.29 is 19.8 Å². The first-order valence-corrected chi connectivity index (χ1v) is 6.82. The lowest BCUT2D eigenvalue weighted by molar-refractivity contribution is -0.145. The van der Waals surface area contributed by atoms with Crippen LogP contribution in [-0.2, 0) is 9.59 Å². The van der Waals surface area contributed by atoms with E-state index < -0.39 is 18.1 Å². The van der Waals surface area contributed by atoms with Gasteiger partial charge in [0.1, 0.15) is 0 Å². The topological polar surface area (TPSA) is 98.7 Å². The van der Waals surface area contributed by atoms with Crippen LogP contribution in [0.2, 0.25) is 0 Å². The van der Waals surface area contributed by atoms with Crippen molar-refractivity contribution in [2.24, 2.45) is 11.8 Å². The average Bonchev–Trinajstić information content (AvgIpc) is 2.36. The molecular formula is C13H24N2O4. The lowest BCUT2D eigenvalue weighted by Crippen LogP contribution is -2.48. The number of hydrogen-bond acceptors (Lipinski definition) is 4. The fraction of sp³-hybridized carbons (Fsp3) is 0.846. The molecule has 1 aliphatic rings. The Labute approximate surface area is 113 Å². The van der Waals surface area contributed by atoms with E-state index in [0.29, 0.717) is 12.3 Å². The Morgan fingerprint density at radius 2 is 2.11 bits per heavy atom. The van der Waals surface area contributed by atoms with Gasteiger partial charge in [0.2, 0.25) is 5.91 Å². The summed E-state index contributed by atoms with van der Waals surface area (Å²) in [5, 5.41) is 23.9. The number of nitrogens with one attached hydrogen (secondary N) is 2. The van der Waals surface area contributed by atoms with E-state index in [1.807, 2.05) is 6.92 Å². The highest BCUT2D eigenvalue weighted by atomic mass is 16.4. The van der Waals surface area contributed by atoms with E-state index in [-0.39, 0.29) is 11.8 Å². The number of carbonyl (C=O) groups excluding carboxylic acids is 1. The number of aliphatic carboxylic acids is 1. The van der Waals surface area contributed by atoms with Crippen LogP contribution in [0.25, 0.3) is 0 Å². The van der Waals surface area contributed by atoms with Crippen molar-refractivity contribution in [3.05, 3.63) is 0 Å². The summed E-state index contributed by atoms with van der Waals surface area (Å²) in [6, 6.07) is -1.23. The average molecular weight is 272 g/mol. The SMILES string of the molecule is CC(CC(=O)N[C@H](C(=O)O)[C@@H](C)O)C1CCCNC1. The fourth-order valence-electron chi connectivity index (χ4n) is 2.44. The maximum Gasteiger partial charge on any atom is 0.328 e. The van der Waals surface area contributed by atoms with Gasteiger partial charge in [-0.3, -0.25) is 4.79 Å². The summed E-state index contributed by atoms with van der Waals surface area (Å²) in [6.07, 6.45) is 1.40. The van der Waals surface area contributed by atoms with Crippen molar-refractivity contribution >= 4 is 11.9 Å². The number of carboxylic acids is 1. The highest BCUT2D eigenvalue weighted by Crippen LogP contribution is 2.22. The van der Waals surface area contributed by atoms with E-state index in [4.69, 9.17) is 5.11 Å². The van der Waals surface area contributed by atoms with E-state index in [9.17, 15) is 14.7 Å². The van der Waals surface area contributed by atoms with E-state index in [0.717, 1.165) is 25.9 Å². The highest BCUT2D eigenvalue weighted by Gasteiger charge is 2.27. The molecule has 1 aliphatic heterocycles. The van der Waals surface area contributed by atoms with Gasteiger partial charge in [-0.1, -0.05) is 6.92 Å². The molecule has 6 nitrogen and oxygen atoms in total. The summed E-state index contributed by atoms with van der Waals surface area (Å²) < 4.78 is 0. The van der Waals surface area contributed by atoms with E-state index in [1.165, 1.54) is 6.92 Å². The molecule has 2 unspecified atom stereocenters. The number of carbonyl (C=O) groups is 2. The molecule has 1 heterocycles. The standard InChI is InChI=1S/C13H24N2O4/c1-8(10-4-3-5-14-7-10)6-11(17)15-12(9(2)16)13(18)19/h8-10,12,14,16H,3-7H2,1-2H3,(H,15,17)(H,18,19)/t8?,9-,10?,12+/m1/s1. The Hall–Kier alpha value is -1.14.